The van der Waals surface area contributed by atoms with E-state index in [1.165, 1.54) is 12.7 Å². The lowest BCUT2D eigenvalue weighted by molar-refractivity contribution is -0.154. The van der Waals surface area contributed by atoms with E-state index in [0.717, 1.165) is 53.7 Å². The minimum absolute atomic E-state index is 0.104. The van der Waals surface area contributed by atoms with Crippen molar-refractivity contribution in [2.24, 2.45) is 5.92 Å². The number of ether oxygens (including phenoxy) is 2. The molecule has 0 spiro atoms. The third-order valence-corrected chi connectivity index (χ3v) is 7.52. The zero-order valence-electron chi connectivity index (χ0n) is 20.5. The Morgan fingerprint density at radius 2 is 2.00 bits per heavy atom. The first-order chi connectivity index (χ1) is 15.6. The summed E-state index contributed by atoms with van der Waals surface area (Å²) in [6.45, 7) is 11.6. The number of esters is 1. The van der Waals surface area contributed by atoms with E-state index in [2.05, 4.69) is 30.9 Å². The molecule has 4 atom stereocenters. The lowest BCUT2D eigenvalue weighted by atomic mass is 9.60. The van der Waals surface area contributed by atoms with Gasteiger partial charge in [-0.05, 0) is 70.6 Å². The van der Waals surface area contributed by atoms with Crippen LogP contribution in [0.1, 0.15) is 57.4 Å². The van der Waals surface area contributed by atoms with E-state index in [9.17, 15) is 9.59 Å². The normalized spacial score (nSPS) is 28.2. The number of benzene rings is 1. The molecule has 6 rings (SSSR count). The largest absolute Gasteiger partial charge is 0.468 e. The molecule has 1 aliphatic carbocycles. The van der Waals surface area contributed by atoms with Crippen molar-refractivity contribution >= 4 is 23.0 Å². The van der Waals surface area contributed by atoms with E-state index < -0.39 is 17.1 Å². The third-order valence-electron chi connectivity index (χ3n) is 7.52. The number of carbonyl (C=O) groups excluding carboxylic acids is 2. The minimum atomic E-state index is -0.937. The Hall–Kier alpha value is -2.60. The van der Waals surface area contributed by atoms with Gasteiger partial charge in [-0.1, -0.05) is 30.2 Å². The van der Waals surface area contributed by atoms with Crippen molar-refractivity contribution in [2.45, 2.75) is 70.9 Å². The van der Waals surface area contributed by atoms with Gasteiger partial charge in [0.15, 0.2) is 0 Å². The van der Waals surface area contributed by atoms with Crippen LogP contribution >= 0.6 is 0 Å². The van der Waals surface area contributed by atoms with Gasteiger partial charge in [0.05, 0.1) is 24.4 Å². The van der Waals surface area contributed by atoms with E-state index in [0.29, 0.717) is 6.42 Å². The van der Waals surface area contributed by atoms with E-state index in [-0.39, 0.29) is 17.9 Å². The van der Waals surface area contributed by atoms with Gasteiger partial charge >= 0.3 is 12.1 Å². The maximum atomic E-state index is 13.8. The van der Waals surface area contributed by atoms with Crippen molar-refractivity contribution in [2.75, 3.05) is 20.2 Å². The van der Waals surface area contributed by atoms with Crippen molar-refractivity contribution in [3.63, 3.8) is 0 Å². The number of carbonyl (C=O) groups is 2. The van der Waals surface area contributed by atoms with Crippen molar-refractivity contribution in [3.8, 4) is 0 Å². The van der Waals surface area contributed by atoms with Gasteiger partial charge < -0.3 is 9.47 Å². The fraction of sp³-hybridized carbons (Fsp3) is 0.556. The van der Waals surface area contributed by atoms with Gasteiger partial charge in [0.1, 0.15) is 11.0 Å². The third kappa shape index (κ3) is 3.17. The summed E-state index contributed by atoms with van der Waals surface area (Å²) in [6, 6.07) is 6.04. The Kier molecular flexibility index (Phi) is 5.02. The molecule has 1 aromatic heterocycles. The molecule has 4 bridgehead atoms. The first-order valence-corrected chi connectivity index (χ1v) is 12.0. The number of aryl methyl sites for hydroxylation is 1. The Morgan fingerprint density at radius 1 is 1.24 bits per heavy atom. The summed E-state index contributed by atoms with van der Waals surface area (Å²) in [5, 5.41) is 1.03. The van der Waals surface area contributed by atoms with Gasteiger partial charge in [-0.3, -0.25) is 9.69 Å². The predicted octanol–water partition coefficient (Wildman–Crippen LogP) is 4.74. The fourth-order valence-corrected chi connectivity index (χ4v) is 6.54. The highest BCUT2D eigenvalue weighted by Gasteiger charge is 2.61. The lowest BCUT2D eigenvalue weighted by Gasteiger charge is -2.54. The van der Waals surface area contributed by atoms with Crippen molar-refractivity contribution in [1.82, 2.24) is 9.47 Å². The van der Waals surface area contributed by atoms with E-state index >= 15 is 0 Å². The van der Waals surface area contributed by atoms with Crippen molar-refractivity contribution in [1.29, 1.82) is 0 Å². The topological polar surface area (TPSA) is 60.8 Å². The Morgan fingerprint density at radius 3 is 2.67 bits per heavy atom. The Labute approximate surface area is 195 Å². The summed E-state index contributed by atoms with van der Waals surface area (Å²) in [6.07, 6.45) is 4.23. The number of nitrogens with zero attached hydrogens (tertiary/aromatic N) is 2. The molecule has 1 fully saturated rings. The quantitative estimate of drug-likeness (QED) is 0.489. The molecular weight excluding hydrogens is 416 g/mol. The Balaban J connectivity index is 1.88. The molecule has 1 saturated heterocycles. The van der Waals surface area contributed by atoms with Crippen LogP contribution < -0.4 is 0 Å². The standard InChI is InChI=1S/C27H34N2O4/c1-7-18-13-17-14-27(24(30)32-6)22(18)28(15-17)11-10-19-20-12-16(2)8-9-21(20)29(23(19)27)25(31)33-26(3,4)5/h8-9,12-13,17,22H,7,10-11,14-15H2,1-6H3. The average Bonchev–Trinajstić information content (AvgIpc) is 3.04. The summed E-state index contributed by atoms with van der Waals surface area (Å²) in [5.41, 5.74) is 3.47. The second-order valence-corrected chi connectivity index (χ2v) is 10.8. The van der Waals surface area contributed by atoms with Crippen LogP contribution in [0.15, 0.2) is 29.8 Å². The molecule has 1 aromatic carbocycles. The van der Waals surface area contributed by atoms with Gasteiger partial charge in [0, 0.05) is 18.5 Å². The van der Waals surface area contributed by atoms with Crippen LogP contribution in [0.5, 0.6) is 0 Å². The molecule has 3 aliphatic heterocycles. The number of piperidine rings is 1. The van der Waals surface area contributed by atoms with E-state index in [1.54, 1.807) is 4.57 Å². The minimum Gasteiger partial charge on any atom is -0.468 e. The molecule has 6 nitrogen and oxygen atoms in total. The number of hydrogen-bond donors (Lipinski definition) is 0. The number of hydrogen-bond acceptors (Lipinski definition) is 5. The number of methoxy groups -OCH3 is 1. The number of fused-ring (bicyclic) bond motifs is 3. The monoisotopic (exact) mass is 450 g/mol. The molecular formula is C27H34N2O4. The zero-order valence-corrected chi connectivity index (χ0v) is 20.5. The predicted molar refractivity (Wildman–Crippen MR) is 128 cm³/mol. The molecule has 33 heavy (non-hydrogen) atoms. The van der Waals surface area contributed by atoms with Gasteiger partial charge in [0.25, 0.3) is 0 Å². The highest BCUT2D eigenvalue weighted by Crippen LogP contribution is 2.54. The molecule has 2 aromatic rings. The summed E-state index contributed by atoms with van der Waals surface area (Å²) in [4.78, 5) is 30.0. The van der Waals surface area contributed by atoms with Crippen LogP contribution in [0.2, 0.25) is 0 Å². The van der Waals surface area contributed by atoms with Crippen molar-refractivity contribution < 1.29 is 19.1 Å². The van der Waals surface area contributed by atoms with Gasteiger partial charge in [-0.15, -0.1) is 0 Å². The summed E-state index contributed by atoms with van der Waals surface area (Å²) >= 11 is 0. The molecule has 4 aliphatic rings. The molecule has 0 N–H and O–H groups in total. The zero-order chi connectivity index (χ0) is 23.7. The smallest absolute Gasteiger partial charge is 0.419 e. The maximum Gasteiger partial charge on any atom is 0.419 e. The van der Waals surface area contributed by atoms with Crippen LogP contribution in [0.3, 0.4) is 0 Å². The van der Waals surface area contributed by atoms with Crippen LogP contribution in [0.25, 0.3) is 10.9 Å². The van der Waals surface area contributed by atoms with Crippen LogP contribution in [0, 0.1) is 12.8 Å². The average molecular weight is 451 g/mol. The first-order valence-electron chi connectivity index (χ1n) is 12.0. The lowest BCUT2D eigenvalue weighted by Crippen LogP contribution is -2.64. The SMILES string of the molecule is CCC1=CC2CN3CCc4c(n(C(=O)OC(C)(C)C)c5ccc(C)cc45)C(C(=O)OC)(C2)C13. The summed E-state index contributed by atoms with van der Waals surface area (Å²) < 4.78 is 13.1. The fourth-order valence-electron chi connectivity index (χ4n) is 6.54. The molecule has 4 unspecified atom stereocenters. The highest BCUT2D eigenvalue weighted by molar-refractivity contribution is 5.98. The summed E-state index contributed by atoms with van der Waals surface area (Å²) in [7, 11) is 1.47. The number of rotatable bonds is 2. The van der Waals surface area contributed by atoms with Crippen LogP contribution in [-0.2, 0) is 26.1 Å². The van der Waals surface area contributed by atoms with Crippen LogP contribution in [-0.4, -0.2) is 53.4 Å². The molecule has 176 valence electrons. The number of aromatic nitrogens is 1. The first kappa shape index (κ1) is 22.2. The van der Waals surface area contributed by atoms with Gasteiger partial charge in [0.2, 0.25) is 0 Å². The second kappa shape index (κ2) is 7.45. The molecule has 0 radical (unpaired) electrons. The Bertz CT molecular complexity index is 1180. The molecule has 6 heteroatoms. The molecule has 0 saturated carbocycles. The van der Waals surface area contributed by atoms with Crippen LogP contribution in [0.4, 0.5) is 4.79 Å². The highest BCUT2D eigenvalue weighted by atomic mass is 16.6. The van der Waals surface area contributed by atoms with E-state index in [1.807, 2.05) is 32.9 Å². The maximum absolute atomic E-state index is 13.8. The van der Waals surface area contributed by atoms with Crippen molar-refractivity contribution in [3.05, 3.63) is 46.7 Å². The molecule has 0 amide bonds. The summed E-state index contributed by atoms with van der Waals surface area (Å²) in [5.74, 6) is -0.00410. The van der Waals surface area contributed by atoms with Gasteiger partial charge in [-0.25, -0.2) is 9.36 Å². The second-order valence-electron chi connectivity index (χ2n) is 10.8. The van der Waals surface area contributed by atoms with E-state index in [4.69, 9.17) is 9.47 Å². The van der Waals surface area contributed by atoms with Gasteiger partial charge in [-0.2, -0.15) is 0 Å². The molecule has 4 heterocycles.